The molecule has 0 spiro atoms. The maximum absolute atomic E-state index is 5.77. The fourth-order valence-electron chi connectivity index (χ4n) is 1.87. The van der Waals surface area contributed by atoms with Gasteiger partial charge in [-0.25, -0.2) is 4.98 Å². The monoisotopic (exact) mass is 295 g/mol. The van der Waals surface area contributed by atoms with Crippen LogP contribution in [0.5, 0.6) is 0 Å². The van der Waals surface area contributed by atoms with Crippen molar-refractivity contribution in [2.24, 2.45) is 0 Å². The van der Waals surface area contributed by atoms with Gasteiger partial charge in [0.1, 0.15) is 23.8 Å². The van der Waals surface area contributed by atoms with E-state index >= 15 is 0 Å². The molecule has 0 aliphatic heterocycles. The van der Waals surface area contributed by atoms with Crippen LogP contribution >= 0.6 is 0 Å². The number of aromatic nitrogens is 1. The van der Waals surface area contributed by atoms with E-state index in [0.29, 0.717) is 12.5 Å². The minimum atomic E-state index is 0.377. The number of hydrogen-bond donors (Lipinski definition) is 0. The fourth-order valence-corrected chi connectivity index (χ4v) is 1.87. The van der Waals surface area contributed by atoms with Gasteiger partial charge in [0.15, 0.2) is 0 Å². The second-order valence-electron chi connectivity index (χ2n) is 5.05. The van der Waals surface area contributed by atoms with Crippen LogP contribution < -0.4 is 0 Å². The van der Waals surface area contributed by atoms with Crippen LogP contribution in [0.2, 0.25) is 0 Å². The Bertz CT molecular complexity index is 693. The van der Waals surface area contributed by atoms with Crippen molar-refractivity contribution >= 4 is 0 Å². The molecule has 22 heavy (non-hydrogen) atoms. The number of rotatable bonds is 6. The van der Waals surface area contributed by atoms with Crippen molar-refractivity contribution in [3.05, 3.63) is 77.9 Å². The maximum Gasteiger partial charge on any atom is 0.226 e. The minimum absolute atomic E-state index is 0.377. The van der Waals surface area contributed by atoms with E-state index in [4.69, 9.17) is 9.15 Å². The Labute approximate surface area is 131 Å². The zero-order chi connectivity index (χ0) is 15.9. The van der Waals surface area contributed by atoms with Crippen molar-refractivity contribution in [2.45, 2.75) is 27.4 Å². The summed E-state index contributed by atoms with van der Waals surface area (Å²) in [7, 11) is 0. The third kappa shape index (κ3) is 4.22. The standard InChI is InChI=1S/C19H21NO2/c1-5-17(12-11-14(2)3)21-13-18-15(4)22-19(20-18)16-9-7-6-8-10-16/h5-12H,2,13H2,1,3-4H3/b12-11-,17-5+. The van der Waals surface area contributed by atoms with Gasteiger partial charge in [-0.05, 0) is 45.1 Å². The van der Waals surface area contributed by atoms with Crippen LogP contribution in [0.15, 0.2) is 70.9 Å². The molecule has 0 aliphatic carbocycles. The highest BCUT2D eigenvalue weighted by Crippen LogP contribution is 2.22. The first-order valence-corrected chi connectivity index (χ1v) is 7.24. The Hall–Kier alpha value is -2.55. The molecule has 3 heteroatoms. The molecule has 0 aliphatic rings. The molecule has 0 saturated heterocycles. The van der Waals surface area contributed by atoms with Gasteiger partial charge in [-0.15, -0.1) is 0 Å². The van der Waals surface area contributed by atoms with Crippen molar-refractivity contribution in [3.63, 3.8) is 0 Å². The normalized spacial score (nSPS) is 11.9. The summed E-state index contributed by atoms with van der Waals surface area (Å²) in [6, 6.07) is 9.85. The van der Waals surface area contributed by atoms with Gasteiger partial charge >= 0.3 is 0 Å². The first-order valence-electron chi connectivity index (χ1n) is 7.24. The minimum Gasteiger partial charge on any atom is -0.488 e. The Kier molecular flexibility index (Phi) is 5.37. The van der Waals surface area contributed by atoms with Gasteiger partial charge in [0.05, 0.1) is 0 Å². The Morgan fingerprint density at radius 1 is 1.27 bits per heavy atom. The second kappa shape index (κ2) is 7.46. The molecular formula is C19H21NO2. The largest absolute Gasteiger partial charge is 0.488 e. The molecule has 2 rings (SSSR count). The summed E-state index contributed by atoms with van der Waals surface area (Å²) in [6.07, 6.45) is 5.73. The quantitative estimate of drug-likeness (QED) is 0.542. The molecule has 1 aromatic heterocycles. The average molecular weight is 295 g/mol. The fraction of sp³-hybridized carbons (Fsp3) is 0.211. The summed E-state index contributed by atoms with van der Waals surface area (Å²) < 4.78 is 11.5. The summed E-state index contributed by atoms with van der Waals surface area (Å²) in [5.74, 6) is 2.18. The topological polar surface area (TPSA) is 35.3 Å². The molecule has 2 aromatic rings. The van der Waals surface area contributed by atoms with Gasteiger partial charge < -0.3 is 9.15 Å². The molecular weight excluding hydrogens is 274 g/mol. The van der Waals surface area contributed by atoms with Crippen LogP contribution in [0.3, 0.4) is 0 Å². The molecule has 0 unspecified atom stereocenters. The van der Waals surface area contributed by atoms with E-state index in [1.165, 1.54) is 0 Å². The molecule has 0 radical (unpaired) electrons. The number of allylic oxidation sites excluding steroid dienone is 4. The lowest BCUT2D eigenvalue weighted by Gasteiger charge is -2.04. The second-order valence-corrected chi connectivity index (χ2v) is 5.05. The molecule has 0 atom stereocenters. The summed E-state index contributed by atoms with van der Waals surface area (Å²) >= 11 is 0. The third-order valence-electron chi connectivity index (χ3n) is 3.11. The zero-order valence-corrected chi connectivity index (χ0v) is 13.3. The summed E-state index contributed by atoms with van der Waals surface area (Å²) in [4.78, 5) is 4.52. The summed E-state index contributed by atoms with van der Waals surface area (Å²) in [6.45, 7) is 9.99. The van der Waals surface area contributed by atoms with Gasteiger partial charge in [-0.3, -0.25) is 0 Å². The van der Waals surface area contributed by atoms with E-state index in [9.17, 15) is 0 Å². The maximum atomic E-state index is 5.77. The number of nitrogens with zero attached hydrogens (tertiary/aromatic N) is 1. The molecule has 1 aromatic carbocycles. The molecule has 0 N–H and O–H groups in total. The van der Waals surface area contributed by atoms with E-state index in [2.05, 4.69) is 11.6 Å². The average Bonchev–Trinajstić information content (AvgIpc) is 2.89. The van der Waals surface area contributed by atoms with Gasteiger partial charge in [-0.1, -0.05) is 36.4 Å². The van der Waals surface area contributed by atoms with Crippen molar-refractivity contribution in [3.8, 4) is 11.5 Å². The number of hydrogen-bond acceptors (Lipinski definition) is 3. The van der Waals surface area contributed by atoms with Crippen LogP contribution in [-0.4, -0.2) is 4.98 Å². The highest BCUT2D eigenvalue weighted by molar-refractivity contribution is 5.53. The van der Waals surface area contributed by atoms with Crippen LogP contribution in [0.25, 0.3) is 11.5 Å². The van der Waals surface area contributed by atoms with E-state index in [1.807, 2.05) is 69.3 Å². The van der Waals surface area contributed by atoms with Gasteiger partial charge in [0.25, 0.3) is 0 Å². The molecule has 0 fully saturated rings. The summed E-state index contributed by atoms with van der Waals surface area (Å²) in [5, 5.41) is 0. The van der Waals surface area contributed by atoms with Gasteiger partial charge in [0.2, 0.25) is 5.89 Å². The van der Waals surface area contributed by atoms with Crippen LogP contribution in [0.1, 0.15) is 25.3 Å². The number of oxazole rings is 1. The number of benzene rings is 1. The smallest absolute Gasteiger partial charge is 0.226 e. The van der Waals surface area contributed by atoms with Crippen molar-refractivity contribution < 1.29 is 9.15 Å². The van der Waals surface area contributed by atoms with E-state index in [-0.39, 0.29) is 0 Å². The highest BCUT2D eigenvalue weighted by Gasteiger charge is 2.11. The number of aryl methyl sites for hydroxylation is 1. The predicted octanol–water partition coefficient (Wildman–Crippen LogP) is 5.20. The number of ether oxygens (including phenoxy) is 1. The molecule has 0 saturated carbocycles. The zero-order valence-electron chi connectivity index (χ0n) is 13.3. The van der Waals surface area contributed by atoms with E-state index in [0.717, 1.165) is 28.3 Å². The molecule has 1 heterocycles. The van der Waals surface area contributed by atoms with Crippen molar-refractivity contribution in [1.29, 1.82) is 0 Å². The van der Waals surface area contributed by atoms with E-state index < -0.39 is 0 Å². The lowest BCUT2D eigenvalue weighted by Crippen LogP contribution is -1.94. The van der Waals surface area contributed by atoms with Crippen LogP contribution in [0.4, 0.5) is 0 Å². The predicted molar refractivity (Wildman–Crippen MR) is 89.2 cm³/mol. The molecule has 0 bridgehead atoms. The van der Waals surface area contributed by atoms with Gasteiger partial charge in [0, 0.05) is 5.56 Å². The van der Waals surface area contributed by atoms with Crippen LogP contribution in [0, 0.1) is 6.92 Å². The van der Waals surface area contributed by atoms with Crippen molar-refractivity contribution in [1.82, 2.24) is 4.98 Å². The molecule has 114 valence electrons. The SMILES string of the molecule is C=C(C)/C=C\C(=C/C)OCc1nc(-c2ccccc2)oc1C. The van der Waals surface area contributed by atoms with Crippen molar-refractivity contribution in [2.75, 3.05) is 0 Å². The Morgan fingerprint density at radius 3 is 2.64 bits per heavy atom. The Morgan fingerprint density at radius 2 is 2.00 bits per heavy atom. The van der Waals surface area contributed by atoms with E-state index in [1.54, 1.807) is 0 Å². The first kappa shape index (κ1) is 15.8. The molecule has 3 nitrogen and oxygen atoms in total. The van der Waals surface area contributed by atoms with Gasteiger partial charge in [-0.2, -0.15) is 0 Å². The Balaban J connectivity index is 2.08. The third-order valence-corrected chi connectivity index (χ3v) is 3.11. The molecule has 0 amide bonds. The summed E-state index contributed by atoms with van der Waals surface area (Å²) in [5.41, 5.74) is 2.75. The first-order chi connectivity index (χ1) is 10.6. The lowest BCUT2D eigenvalue weighted by atomic mass is 10.2. The lowest BCUT2D eigenvalue weighted by molar-refractivity contribution is 0.206. The highest BCUT2D eigenvalue weighted by atomic mass is 16.5. The van der Waals surface area contributed by atoms with Crippen LogP contribution in [-0.2, 0) is 11.3 Å².